The van der Waals surface area contributed by atoms with Crippen molar-refractivity contribution < 1.29 is 18.7 Å². The van der Waals surface area contributed by atoms with Crippen molar-refractivity contribution in [2.24, 2.45) is 0 Å². The van der Waals surface area contributed by atoms with Gasteiger partial charge in [-0.05, 0) is 25.1 Å². The number of methoxy groups -OCH3 is 1. The average molecular weight is 241 g/mol. The number of hydrogen-bond acceptors (Lipinski definition) is 4. The van der Waals surface area contributed by atoms with Crippen LogP contribution < -0.4 is 5.73 Å². The van der Waals surface area contributed by atoms with Crippen molar-refractivity contribution in [1.82, 2.24) is 0 Å². The Labute approximate surface area is 99.5 Å². The molecule has 2 N–H and O–H groups in total. The van der Waals surface area contributed by atoms with Gasteiger partial charge >= 0.3 is 5.97 Å². The van der Waals surface area contributed by atoms with Crippen molar-refractivity contribution in [1.29, 1.82) is 0 Å². The van der Waals surface area contributed by atoms with Crippen LogP contribution >= 0.6 is 0 Å². The monoisotopic (exact) mass is 241 g/mol. The second-order valence-corrected chi connectivity index (χ2v) is 3.74. The number of nitrogen functional groups attached to an aromatic ring is 1. The van der Waals surface area contributed by atoms with Crippen molar-refractivity contribution >= 4 is 11.7 Å². The smallest absolute Gasteiger partial charge is 0.341 e. The summed E-state index contributed by atoms with van der Waals surface area (Å²) in [6.45, 7) is 2.21. The standard InChI is InChI=1S/C12H16FNO3/c1-8(5-6-16-2)17-12(15)10-4-3-9(14)7-11(10)13/h3-4,7-8H,5-6,14H2,1-2H3. The summed E-state index contributed by atoms with van der Waals surface area (Å²) in [5.41, 5.74) is 5.55. The van der Waals surface area contributed by atoms with Crippen molar-refractivity contribution in [2.75, 3.05) is 19.5 Å². The number of rotatable bonds is 5. The Morgan fingerprint density at radius 3 is 2.82 bits per heavy atom. The van der Waals surface area contributed by atoms with Gasteiger partial charge in [-0.3, -0.25) is 0 Å². The number of carbonyl (C=O) groups is 1. The van der Waals surface area contributed by atoms with Crippen LogP contribution in [0.5, 0.6) is 0 Å². The van der Waals surface area contributed by atoms with E-state index in [9.17, 15) is 9.18 Å². The molecule has 17 heavy (non-hydrogen) atoms. The molecule has 1 aromatic carbocycles. The average Bonchev–Trinajstić information content (AvgIpc) is 2.26. The van der Waals surface area contributed by atoms with Gasteiger partial charge in [0.1, 0.15) is 11.9 Å². The molecule has 4 nitrogen and oxygen atoms in total. The van der Waals surface area contributed by atoms with Crippen LogP contribution in [0.25, 0.3) is 0 Å². The molecule has 0 amide bonds. The van der Waals surface area contributed by atoms with Crippen LogP contribution in [-0.4, -0.2) is 25.8 Å². The number of halogens is 1. The number of ether oxygens (including phenoxy) is 2. The van der Waals surface area contributed by atoms with Gasteiger partial charge in [-0.2, -0.15) is 0 Å². The van der Waals surface area contributed by atoms with E-state index in [1.165, 1.54) is 12.1 Å². The molecule has 0 heterocycles. The summed E-state index contributed by atoms with van der Waals surface area (Å²) in [7, 11) is 1.56. The molecule has 5 heteroatoms. The van der Waals surface area contributed by atoms with E-state index >= 15 is 0 Å². The highest BCUT2D eigenvalue weighted by Gasteiger charge is 2.16. The van der Waals surface area contributed by atoms with Crippen molar-refractivity contribution in [3.8, 4) is 0 Å². The molecular weight excluding hydrogens is 225 g/mol. The quantitative estimate of drug-likeness (QED) is 0.632. The van der Waals surface area contributed by atoms with Crippen LogP contribution in [0.3, 0.4) is 0 Å². The van der Waals surface area contributed by atoms with E-state index in [2.05, 4.69) is 0 Å². The first-order valence-corrected chi connectivity index (χ1v) is 5.29. The maximum Gasteiger partial charge on any atom is 0.341 e. The molecule has 0 saturated carbocycles. The molecular formula is C12H16FNO3. The van der Waals surface area contributed by atoms with Crippen LogP contribution in [-0.2, 0) is 9.47 Å². The maximum atomic E-state index is 13.4. The van der Waals surface area contributed by atoms with Gasteiger partial charge in [0, 0.05) is 25.8 Å². The fourth-order valence-electron chi connectivity index (χ4n) is 1.29. The van der Waals surface area contributed by atoms with E-state index in [4.69, 9.17) is 15.2 Å². The fraction of sp³-hybridized carbons (Fsp3) is 0.417. The molecule has 0 spiro atoms. The number of carbonyl (C=O) groups excluding carboxylic acids is 1. The van der Waals surface area contributed by atoms with E-state index in [0.29, 0.717) is 13.0 Å². The minimum Gasteiger partial charge on any atom is -0.459 e. The van der Waals surface area contributed by atoms with E-state index in [-0.39, 0.29) is 17.4 Å². The normalized spacial score (nSPS) is 12.2. The molecule has 0 aliphatic carbocycles. The predicted molar refractivity (Wildman–Crippen MR) is 62.2 cm³/mol. The van der Waals surface area contributed by atoms with Crippen molar-refractivity contribution in [2.45, 2.75) is 19.4 Å². The number of hydrogen-bond donors (Lipinski definition) is 1. The SMILES string of the molecule is COCCC(C)OC(=O)c1ccc(N)cc1F. The molecule has 0 radical (unpaired) electrons. The lowest BCUT2D eigenvalue weighted by molar-refractivity contribution is 0.0262. The van der Waals surface area contributed by atoms with E-state index in [0.717, 1.165) is 6.07 Å². The zero-order valence-corrected chi connectivity index (χ0v) is 9.90. The molecule has 1 unspecified atom stereocenters. The number of esters is 1. The first-order valence-electron chi connectivity index (χ1n) is 5.29. The third kappa shape index (κ3) is 4.03. The zero-order chi connectivity index (χ0) is 12.8. The lowest BCUT2D eigenvalue weighted by atomic mass is 10.2. The van der Waals surface area contributed by atoms with Gasteiger partial charge in [0.15, 0.2) is 0 Å². The second kappa shape index (κ2) is 6.20. The summed E-state index contributed by atoms with van der Waals surface area (Å²) in [6, 6.07) is 3.87. The molecule has 0 aliphatic heterocycles. The molecule has 0 bridgehead atoms. The Bertz CT molecular complexity index is 395. The number of anilines is 1. The summed E-state index contributed by atoms with van der Waals surface area (Å²) < 4.78 is 23.3. The Morgan fingerprint density at radius 1 is 1.53 bits per heavy atom. The topological polar surface area (TPSA) is 61.5 Å². The molecule has 0 saturated heterocycles. The van der Waals surface area contributed by atoms with Gasteiger partial charge < -0.3 is 15.2 Å². The minimum absolute atomic E-state index is 0.108. The van der Waals surface area contributed by atoms with Gasteiger partial charge in [0.2, 0.25) is 0 Å². The maximum absolute atomic E-state index is 13.4. The molecule has 1 aromatic rings. The van der Waals surface area contributed by atoms with Crippen LogP contribution in [0, 0.1) is 5.82 Å². The van der Waals surface area contributed by atoms with Gasteiger partial charge in [-0.25, -0.2) is 9.18 Å². The highest BCUT2D eigenvalue weighted by atomic mass is 19.1. The summed E-state index contributed by atoms with van der Waals surface area (Å²) in [4.78, 5) is 11.6. The summed E-state index contributed by atoms with van der Waals surface area (Å²) in [6.07, 6.45) is 0.248. The Balaban J connectivity index is 2.63. The Kier molecular flexibility index (Phi) is 4.90. The highest BCUT2D eigenvalue weighted by molar-refractivity contribution is 5.90. The van der Waals surface area contributed by atoms with Crippen molar-refractivity contribution in [3.05, 3.63) is 29.6 Å². The van der Waals surface area contributed by atoms with E-state index < -0.39 is 11.8 Å². The summed E-state index contributed by atoms with van der Waals surface area (Å²) in [5, 5.41) is 0. The van der Waals surface area contributed by atoms with Gasteiger partial charge in [0.25, 0.3) is 0 Å². The van der Waals surface area contributed by atoms with Gasteiger partial charge in [0.05, 0.1) is 5.56 Å². The van der Waals surface area contributed by atoms with E-state index in [1.54, 1.807) is 14.0 Å². The Hall–Kier alpha value is -1.62. The number of nitrogens with two attached hydrogens (primary N) is 1. The lowest BCUT2D eigenvalue weighted by Crippen LogP contribution is -2.17. The molecule has 94 valence electrons. The largest absolute Gasteiger partial charge is 0.459 e. The molecule has 0 aliphatic rings. The number of benzene rings is 1. The first kappa shape index (κ1) is 13.4. The summed E-state index contributed by atoms with van der Waals surface area (Å²) >= 11 is 0. The molecule has 1 atom stereocenters. The second-order valence-electron chi connectivity index (χ2n) is 3.74. The third-order valence-corrected chi connectivity index (χ3v) is 2.25. The van der Waals surface area contributed by atoms with Gasteiger partial charge in [-0.15, -0.1) is 0 Å². The van der Waals surface area contributed by atoms with E-state index in [1.807, 2.05) is 0 Å². The Morgan fingerprint density at radius 2 is 2.24 bits per heavy atom. The van der Waals surface area contributed by atoms with Crippen LogP contribution in [0.2, 0.25) is 0 Å². The predicted octanol–water partition coefficient (Wildman–Crippen LogP) is 1.99. The van der Waals surface area contributed by atoms with Crippen LogP contribution in [0.15, 0.2) is 18.2 Å². The molecule has 0 aromatic heterocycles. The summed E-state index contributed by atoms with van der Waals surface area (Å²) in [5.74, 6) is -1.36. The van der Waals surface area contributed by atoms with Crippen molar-refractivity contribution in [3.63, 3.8) is 0 Å². The molecule has 0 fully saturated rings. The highest BCUT2D eigenvalue weighted by Crippen LogP contribution is 2.14. The zero-order valence-electron chi connectivity index (χ0n) is 9.90. The lowest BCUT2D eigenvalue weighted by Gasteiger charge is -2.13. The van der Waals surface area contributed by atoms with Crippen LogP contribution in [0.4, 0.5) is 10.1 Å². The molecule has 1 rings (SSSR count). The van der Waals surface area contributed by atoms with Crippen LogP contribution in [0.1, 0.15) is 23.7 Å². The first-order chi connectivity index (χ1) is 8.04. The fourth-order valence-corrected chi connectivity index (χ4v) is 1.29. The minimum atomic E-state index is -0.689. The third-order valence-electron chi connectivity index (χ3n) is 2.25. The van der Waals surface area contributed by atoms with Gasteiger partial charge in [-0.1, -0.05) is 0 Å².